The third-order valence-electron chi connectivity index (χ3n) is 6.35. The Morgan fingerprint density at radius 1 is 1.14 bits per heavy atom. The highest BCUT2D eigenvalue weighted by Gasteiger charge is 2.52. The van der Waals surface area contributed by atoms with Gasteiger partial charge in [-0.05, 0) is 48.9 Å². The van der Waals surface area contributed by atoms with Gasteiger partial charge in [-0.1, -0.05) is 17.7 Å². The van der Waals surface area contributed by atoms with E-state index in [0.717, 1.165) is 48.7 Å². The molecule has 3 aliphatic rings. The molecule has 5 nitrogen and oxygen atoms in total. The van der Waals surface area contributed by atoms with Crippen LogP contribution in [-0.2, 0) is 0 Å². The molecule has 0 saturated carbocycles. The van der Waals surface area contributed by atoms with Crippen molar-refractivity contribution in [3.63, 3.8) is 0 Å². The molecule has 1 atom stereocenters. The van der Waals surface area contributed by atoms with Crippen LogP contribution in [-0.4, -0.2) is 38.0 Å². The number of rotatable bonds is 2. The molecule has 5 heteroatoms. The van der Waals surface area contributed by atoms with Crippen LogP contribution in [0.15, 0.2) is 48.5 Å². The Bertz CT molecular complexity index is 914. The predicted octanol–water partition coefficient (Wildman–Crippen LogP) is 2.30. The van der Waals surface area contributed by atoms with Crippen LogP contribution in [0.3, 0.4) is 0 Å². The predicted molar refractivity (Wildman–Crippen MR) is 109 cm³/mol. The van der Waals surface area contributed by atoms with E-state index in [9.17, 15) is 0 Å². The van der Waals surface area contributed by atoms with Crippen LogP contribution in [0.5, 0.6) is 11.5 Å². The average Bonchev–Trinajstić information content (AvgIpc) is 3.18. The first-order chi connectivity index (χ1) is 13.6. The van der Waals surface area contributed by atoms with E-state index in [4.69, 9.17) is 9.47 Å². The van der Waals surface area contributed by atoms with E-state index in [-0.39, 0.29) is 11.8 Å². The Labute approximate surface area is 166 Å². The van der Waals surface area contributed by atoms with E-state index >= 15 is 0 Å². The van der Waals surface area contributed by atoms with Crippen LogP contribution in [0.4, 0.5) is 0 Å². The first-order valence-corrected chi connectivity index (χ1v) is 10.1. The number of piperidine rings is 1. The van der Waals surface area contributed by atoms with Crippen molar-refractivity contribution in [2.24, 2.45) is 0 Å². The van der Waals surface area contributed by atoms with Gasteiger partial charge in [0.1, 0.15) is 11.5 Å². The smallest absolute Gasteiger partial charge is 0.191 e. The molecule has 3 heterocycles. The van der Waals surface area contributed by atoms with Crippen molar-refractivity contribution in [3.8, 4) is 11.5 Å². The normalized spacial score (nSPS) is 28.8. The number of nitrogens with zero attached hydrogens (tertiary/aromatic N) is 1. The van der Waals surface area contributed by atoms with Gasteiger partial charge in [-0.25, -0.2) is 0 Å². The molecule has 2 aromatic rings. The minimum absolute atomic E-state index is 0.180. The molecule has 2 aromatic carbocycles. The maximum Gasteiger partial charge on any atom is 0.191 e. The maximum absolute atomic E-state index is 6.70. The standard InChI is InChI=1S/C23H27N3O2/c1-16-4-9-22-19(14-16)21-15-20(17-5-7-18(27-3)8-6-17)24-26(21)23(28-22)10-12-25(2)13-11-23/h4-9,14-15,21,24H,10-13H2,1-3H3/p+1/t21-/m1/s1. The summed E-state index contributed by atoms with van der Waals surface area (Å²) in [5.41, 5.74) is 8.21. The van der Waals surface area contributed by atoms with Crippen LogP contribution in [0.2, 0.25) is 0 Å². The number of hydrogen-bond donors (Lipinski definition) is 2. The second-order valence-electron chi connectivity index (χ2n) is 8.28. The van der Waals surface area contributed by atoms with Gasteiger partial charge in [0.05, 0.1) is 51.8 Å². The maximum atomic E-state index is 6.70. The molecule has 0 amide bonds. The zero-order valence-corrected chi connectivity index (χ0v) is 16.8. The summed E-state index contributed by atoms with van der Waals surface area (Å²) in [4.78, 5) is 1.57. The summed E-state index contributed by atoms with van der Waals surface area (Å²) in [6.07, 6.45) is 4.37. The van der Waals surface area contributed by atoms with Gasteiger partial charge in [0, 0.05) is 5.56 Å². The summed E-state index contributed by atoms with van der Waals surface area (Å²) in [6.45, 7) is 4.37. The fraction of sp³-hybridized carbons (Fsp3) is 0.391. The second-order valence-corrected chi connectivity index (χ2v) is 8.28. The molecule has 0 radical (unpaired) electrons. The third kappa shape index (κ3) is 2.77. The number of fused-ring (bicyclic) bond motifs is 4. The van der Waals surface area contributed by atoms with Gasteiger partial charge in [0.2, 0.25) is 0 Å². The van der Waals surface area contributed by atoms with Crippen molar-refractivity contribution in [3.05, 3.63) is 65.2 Å². The summed E-state index contributed by atoms with van der Waals surface area (Å²) in [7, 11) is 3.97. The highest BCUT2D eigenvalue weighted by atomic mass is 16.5. The Morgan fingerprint density at radius 2 is 1.89 bits per heavy atom. The summed E-state index contributed by atoms with van der Waals surface area (Å²) in [5.74, 6) is 1.90. The molecule has 1 fully saturated rings. The topological polar surface area (TPSA) is 38.2 Å². The van der Waals surface area contributed by atoms with Gasteiger partial charge >= 0.3 is 0 Å². The minimum atomic E-state index is -0.294. The SMILES string of the molecule is COc1ccc(C2=C[C@@H]3c4cc(C)ccc4OC4(CC[NH+](C)CC4)N3N2)cc1. The molecular weight excluding hydrogens is 350 g/mol. The Balaban J connectivity index is 1.55. The van der Waals surface area contributed by atoms with E-state index in [0.29, 0.717) is 0 Å². The number of aryl methyl sites for hydroxylation is 1. The molecule has 2 N–H and O–H groups in total. The van der Waals surface area contributed by atoms with Gasteiger partial charge in [-0.2, -0.15) is 5.01 Å². The first-order valence-electron chi connectivity index (χ1n) is 10.1. The summed E-state index contributed by atoms with van der Waals surface area (Å²) < 4.78 is 12.0. The van der Waals surface area contributed by atoms with Crippen molar-refractivity contribution < 1.29 is 14.4 Å². The monoisotopic (exact) mass is 378 g/mol. The number of hydrazine groups is 1. The lowest BCUT2D eigenvalue weighted by molar-refractivity contribution is -0.888. The molecular formula is C23H28N3O2+. The van der Waals surface area contributed by atoms with Gasteiger partial charge in [0.25, 0.3) is 0 Å². The highest BCUT2D eigenvalue weighted by Crippen LogP contribution is 2.47. The first kappa shape index (κ1) is 17.6. The van der Waals surface area contributed by atoms with Crippen molar-refractivity contribution in [1.82, 2.24) is 10.4 Å². The Hall–Kier alpha value is -2.50. The molecule has 0 aromatic heterocycles. The van der Waals surface area contributed by atoms with Crippen LogP contribution < -0.4 is 19.8 Å². The van der Waals surface area contributed by atoms with E-state index in [1.54, 1.807) is 12.0 Å². The van der Waals surface area contributed by atoms with Crippen LogP contribution >= 0.6 is 0 Å². The lowest BCUT2D eigenvalue weighted by Crippen LogP contribution is -3.11. The molecule has 0 unspecified atom stereocenters. The van der Waals surface area contributed by atoms with E-state index in [1.807, 2.05) is 12.1 Å². The third-order valence-corrected chi connectivity index (χ3v) is 6.35. The molecule has 146 valence electrons. The van der Waals surface area contributed by atoms with Crippen LogP contribution in [0, 0.1) is 6.92 Å². The van der Waals surface area contributed by atoms with E-state index in [1.165, 1.54) is 11.1 Å². The molecule has 3 aliphatic heterocycles. The van der Waals surface area contributed by atoms with Crippen LogP contribution in [0.1, 0.15) is 35.6 Å². The fourth-order valence-corrected chi connectivity index (χ4v) is 4.64. The van der Waals surface area contributed by atoms with Gasteiger partial charge in [-0.15, -0.1) is 0 Å². The number of nitrogens with one attached hydrogen (secondary N) is 2. The molecule has 28 heavy (non-hydrogen) atoms. The summed E-state index contributed by atoms with van der Waals surface area (Å²) in [5, 5.41) is 2.36. The van der Waals surface area contributed by atoms with Gasteiger partial charge < -0.3 is 19.8 Å². The average molecular weight is 378 g/mol. The molecule has 1 saturated heterocycles. The lowest BCUT2D eigenvalue weighted by atomic mass is 9.92. The summed E-state index contributed by atoms with van der Waals surface area (Å²) >= 11 is 0. The Kier molecular flexibility index (Phi) is 4.11. The van der Waals surface area contributed by atoms with Crippen molar-refractivity contribution in [2.45, 2.75) is 31.5 Å². The van der Waals surface area contributed by atoms with Crippen molar-refractivity contribution in [2.75, 3.05) is 27.2 Å². The highest BCUT2D eigenvalue weighted by molar-refractivity contribution is 5.68. The summed E-state index contributed by atoms with van der Waals surface area (Å²) in [6, 6.07) is 15.0. The van der Waals surface area contributed by atoms with Crippen LogP contribution in [0.25, 0.3) is 5.70 Å². The van der Waals surface area contributed by atoms with E-state index in [2.05, 4.69) is 60.8 Å². The van der Waals surface area contributed by atoms with Gasteiger partial charge in [-0.3, -0.25) is 0 Å². The lowest BCUT2D eigenvalue weighted by Gasteiger charge is -2.50. The number of ether oxygens (including phenoxy) is 2. The number of hydrogen-bond acceptors (Lipinski definition) is 4. The second kappa shape index (κ2) is 6.54. The zero-order chi connectivity index (χ0) is 19.3. The van der Waals surface area contributed by atoms with Crippen molar-refractivity contribution >= 4 is 5.70 Å². The molecule has 0 bridgehead atoms. The molecule has 0 aliphatic carbocycles. The van der Waals surface area contributed by atoms with Crippen molar-refractivity contribution in [1.29, 1.82) is 0 Å². The Morgan fingerprint density at radius 3 is 2.61 bits per heavy atom. The zero-order valence-electron chi connectivity index (χ0n) is 16.8. The fourth-order valence-electron chi connectivity index (χ4n) is 4.64. The number of benzene rings is 2. The van der Waals surface area contributed by atoms with E-state index < -0.39 is 0 Å². The quantitative estimate of drug-likeness (QED) is 0.841. The number of quaternary nitrogens is 1. The number of methoxy groups -OCH3 is 1. The molecule has 5 rings (SSSR count). The van der Waals surface area contributed by atoms with Gasteiger partial charge in [0.15, 0.2) is 5.72 Å². The number of likely N-dealkylation sites (tertiary alicyclic amines) is 1. The minimum Gasteiger partial charge on any atom is -0.497 e. The molecule has 1 spiro atoms. The largest absolute Gasteiger partial charge is 0.497 e.